The Morgan fingerprint density at radius 3 is 2.69 bits per heavy atom. The van der Waals surface area contributed by atoms with E-state index in [1.165, 1.54) is 9.25 Å². The molecule has 1 aromatic rings. The first kappa shape index (κ1) is 10.0. The third kappa shape index (κ3) is 2.72. The number of aryl methyl sites for hydroxylation is 2. The maximum atomic E-state index is 11.3. The highest BCUT2D eigenvalue weighted by atomic mass is 16.2. The zero-order chi connectivity index (χ0) is 9.84. The van der Waals surface area contributed by atoms with Crippen LogP contribution in [0.3, 0.4) is 0 Å². The van der Waals surface area contributed by atoms with Gasteiger partial charge in [-0.1, -0.05) is 13.8 Å². The Bertz CT molecular complexity index is 311. The maximum absolute atomic E-state index is 11.3. The number of hydrogen-bond donors (Lipinski definition) is 0. The number of rotatable bonds is 4. The van der Waals surface area contributed by atoms with E-state index in [2.05, 4.69) is 18.9 Å². The molecule has 0 aliphatic carbocycles. The van der Waals surface area contributed by atoms with Crippen molar-refractivity contribution in [2.45, 2.75) is 33.2 Å². The van der Waals surface area contributed by atoms with Crippen molar-refractivity contribution < 1.29 is 0 Å². The van der Waals surface area contributed by atoms with Crippen LogP contribution in [0, 0.1) is 5.92 Å². The normalized spacial score (nSPS) is 11.1. The van der Waals surface area contributed by atoms with E-state index in [4.69, 9.17) is 0 Å². The first-order valence-corrected chi connectivity index (χ1v) is 4.69. The lowest BCUT2D eigenvalue weighted by molar-refractivity contribution is 0.479. The molecule has 1 heterocycles. The molecule has 0 amide bonds. The zero-order valence-electron chi connectivity index (χ0n) is 8.53. The Labute approximate surface area is 78.2 Å². The van der Waals surface area contributed by atoms with Gasteiger partial charge < -0.3 is 0 Å². The minimum absolute atomic E-state index is 0.0243. The van der Waals surface area contributed by atoms with Gasteiger partial charge in [0, 0.05) is 13.6 Å². The van der Waals surface area contributed by atoms with Crippen LogP contribution in [0.1, 0.15) is 26.7 Å². The third-order valence-corrected chi connectivity index (χ3v) is 2.04. The molecule has 0 saturated heterocycles. The summed E-state index contributed by atoms with van der Waals surface area (Å²) in [4.78, 5) is 11.3. The molecule has 4 nitrogen and oxygen atoms in total. The number of aromatic nitrogens is 3. The van der Waals surface area contributed by atoms with Crippen LogP contribution >= 0.6 is 0 Å². The van der Waals surface area contributed by atoms with Crippen molar-refractivity contribution >= 4 is 0 Å². The van der Waals surface area contributed by atoms with E-state index in [-0.39, 0.29) is 5.69 Å². The molecule has 0 bridgehead atoms. The molecular formula is C9H17N3O. The van der Waals surface area contributed by atoms with E-state index in [0.29, 0.717) is 5.92 Å². The second kappa shape index (κ2) is 4.25. The third-order valence-electron chi connectivity index (χ3n) is 2.04. The number of nitrogens with zero attached hydrogens (tertiary/aromatic N) is 3. The molecule has 0 fully saturated rings. The molecule has 0 aromatic carbocycles. The Kier molecular flexibility index (Phi) is 3.28. The van der Waals surface area contributed by atoms with Crippen LogP contribution in [0.4, 0.5) is 0 Å². The van der Waals surface area contributed by atoms with Crippen molar-refractivity contribution in [3.63, 3.8) is 0 Å². The smallest absolute Gasteiger partial charge is 0.285 e. The van der Waals surface area contributed by atoms with Crippen LogP contribution < -0.4 is 5.69 Å². The molecule has 0 aliphatic rings. The second-order valence-electron chi connectivity index (χ2n) is 3.78. The standard InChI is InChI=1S/C9H17N3O/c1-8(2)5-4-6-12-9(13)11(3)7-10-12/h7-8H,4-6H2,1-3H3. The largest absolute Gasteiger partial charge is 0.345 e. The Morgan fingerprint density at radius 1 is 1.54 bits per heavy atom. The van der Waals surface area contributed by atoms with Gasteiger partial charge in [0.2, 0.25) is 0 Å². The van der Waals surface area contributed by atoms with Gasteiger partial charge in [0.05, 0.1) is 0 Å². The minimum atomic E-state index is -0.0243. The van der Waals surface area contributed by atoms with Gasteiger partial charge in [-0.25, -0.2) is 9.48 Å². The van der Waals surface area contributed by atoms with Gasteiger partial charge in [0.1, 0.15) is 6.33 Å². The first-order valence-electron chi connectivity index (χ1n) is 4.69. The van der Waals surface area contributed by atoms with Gasteiger partial charge in [-0.2, -0.15) is 5.10 Å². The van der Waals surface area contributed by atoms with Crippen molar-refractivity contribution in [1.82, 2.24) is 14.3 Å². The van der Waals surface area contributed by atoms with E-state index in [0.717, 1.165) is 19.4 Å². The molecule has 74 valence electrons. The monoisotopic (exact) mass is 183 g/mol. The molecule has 0 N–H and O–H groups in total. The molecular weight excluding hydrogens is 166 g/mol. The molecule has 1 rings (SSSR count). The van der Waals surface area contributed by atoms with Gasteiger partial charge in [0.25, 0.3) is 0 Å². The first-order chi connectivity index (χ1) is 6.11. The van der Waals surface area contributed by atoms with Crippen molar-refractivity contribution in [2.75, 3.05) is 0 Å². The predicted octanol–water partition coefficient (Wildman–Crippen LogP) is 1.02. The minimum Gasteiger partial charge on any atom is -0.285 e. The van der Waals surface area contributed by atoms with E-state index in [9.17, 15) is 4.79 Å². The highest BCUT2D eigenvalue weighted by molar-refractivity contribution is 4.64. The van der Waals surface area contributed by atoms with E-state index >= 15 is 0 Å². The fourth-order valence-electron chi connectivity index (χ4n) is 1.22. The Hall–Kier alpha value is -1.06. The van der Waals surface area contributed by atoms with Crippen LogP contribution in [0.2, 0.25) is 0 Å². The predicted molar refractivity (Wildman–Crippen MR) is 51.5 cm³/mol. The quantitative estimate of drug-likeness (QED) is 0.699. The number of hydrogen-bond acceptors (Lipinski definition) is 2. The van der Waals surface area contributed by atoms with Crippen molar-refractivity contribution in [1.29, 1.82) is 0 Å². The average Bonchev–Trinajstić information content (AvgIpc) is 2.35. The lowest BCUT2D eigenvalue weighted by Gasteiger charge is -2.02. The fourth-order valence-corrected chi connectivity index (χ4v) is 1.22. The van der Waals surface area contributed by atoms with E-state index in [1.54, 1.807) is 13.4 Å². The summed E-state index contributed by atoms with van der Waals surface area (Å²) in [6.45, 7) is 5.10. The Balaban J connectivity index is 2.46. The van der Waals surface area contributed by atoms with Crippen LogP contribution in [0.5, 0.6) is 0 Å². The Morgan fingerprint density at radius 2 is 2.23 bits per heavy atom. The maximum Gasteiger partial charge on any atom is 0.345 e. The zero-order valence-corrected chi connectivity index (χ0v) is 8.53. The van der Waals surface area contributed by atoms with Crippen LogP contribution in [-0.4, -0.2) is 14.3 Å². The molecule has 0 unspecified atom stereocenters. The van der Waals surface area contributed by atoms with Gasteiger partial charge in [-0.3, -0.25) is 4.57 Å². The molecule has 13 heavy (non-hydrogen) atoms. The molecule has 1 aromatic heterocycles. The summed E-state index contributed by atoms with van der Waals surface area (Å²) in [7, 11) is 1.72. The summed E-state index contributed by atoms with van der Waals surface area (Å²) in [6, 6.07) is 0. The lowest BCUT2D eigenvalue weighted by atomic mass is 10.1. The van der Waals surface area contributed by atoms with Crippen LogP contribution in [-0.2, 0) is 13.6 Å². The highest BCUT2D eigenvalue weighted by Crippen LogP contribution is 2.03. The summed E-state index contributed by atoms with van der Waals surface area (Å²) in [5.41, 5.74) is -0.0243. The second-order valence-corrected chi connectivity index (χ2v) is 3.78. The summed E-state index contributed by atoms with van der Waals surface area (Å²) in [5.74, 6) is 0.694. The van der Waals surface area contributed by atoms with Crippen molar-refractivity contribution in [3.8, 4) is 0 Å². The molecule has 0 saturated carbocycles. The van der Waals surface area contributed by atoms with Gasteiger partial charge in [-0.05, 0) is 18.8 Å². The van der Waals surface area contributed by atoms with Gasteiger partial charge in [0.15, 0.2) is 0 Å². The fraction of sp³-hybridized carbons (Fsp3) is 0.778. The summed E-state index contributed by atoms with van der Waals surface area (Å²) >= 11 is 0. The van der Waals surface area contributed by atoms with E-state index < -0.39 is 0 Å². The molecule has 0 aliphatic heterocycles. The van der Waals surface area contributed by atoms with Crippen molar-refractivity contribution in [2.24, 2.45) is 13.0 Å². The molecule has 0 radical (unpaired) electrons. The van der Waals surface area contributed by atoms with Gasteiger partial charge in [-0.15, -0.1) is 0 Å². The summed E-state index contributed by atoms with van der Waals surface area (Å²) in [5, 5.41) is 3.98. The molecule has 0 spiro atoms. The summed E-state index contributed by atoms with van der Waals surface area (Å²) in [6.07, 6.45) is 3.72. The SMILES string of the molecule is CC(C)CCCn1ncn(C)c1=O. The summed E-state index contributed by atoms with van der Waals surface area (Å²) < 4.78 is 3.01. The van der Waals surface area contributed by atoms with Crippen LogP contribution in [0.25, 0.3) is 0 Å². The van der Waals surface area contributed by atoms with E-state index in [1.807, 2.05) is 0 Å². The molecule has 0 atom stereocenters. The van der Waals surface area contributed by atoms with Crippen LogP contribution in [0.15, 0.2) is 11.1 Å². The van der Waals surface area contributed by atoms with Gasteiger partial charge >= 0.3 is 5.69 Å². The average molecular weight is 183 g/mol. The van der Waals surface area contributed by atoms with Crippen molar-refractivity contribution in [3.05, 3.63) is 16.8 Å². The topological polar surface area (TPSA) is 39.8 Å². The highest BCUT2D eigenvalue weighted by Gasteiger charge is 2.01. The molecule has 4 heteroatoms. The lowest BCUT2D eigenvalue weighted by Crippen LogP contribution is -2.23.